The van der Waals surface area contributed by atoms with Gasteiger partial charge in [0.15, 0.2) is 0 Å². The number of hydrogen-bond acceptors (Lipinski definition) is 6. The Morgan fingerprint density at radius 3 is 2.49 bits per heavy atom. The minimum absolute atomic E-state index is 0.227. The van der Waals surface area contributed by atoms with Crippen molar-refractivity contribution in [3.05, 3.63) is 107 Å². The minimum Gasteiger partial charge on any atom is -0.497 e. The van der Waals surface area contributed by atoms with Crippen molar-refractivity contribution in [3.63, 3.8) is 0 Å². The number of hydrogen-bond donors (Lipinski definition) is 2. The van der Waals surface area contributed by atoms with Gasteiger partial charge in [-0.15, -0.1) is 0 Å². The van der Waals surface area contributed by atoms with Crippen LogP contribution in [0.4, 0.5) is 0 Å². The smallest absolute Gasteiger partial charge is 0.309 e. The standard InChI is InChI=1S/C27H26N4O4/c1-35-22-12-7-10-20(14-22)15-23(29-17-21-11-5-6-13-28-21)26-24(16-25(32)33)30-31(27(26)34)18-19-8-3-2-4-9-19/h2-14,29H,15-18H2,1H3,(H,32,33)/b26-23-. The molecule has 8 nitrogen and oxygen atoms in total. The summed E-state index contributed by atoms with van der Waals surface area (Å²) < 4.78 is 5.35. The zero-order valence-corrected chi connectivity index (χ0v) is 19.3. The zero-order chi connectivity index (χ0) is 24.6. The number of methoxy groups -OCH3 is 1. The van der Waals surface area contributed by atoms with Gasteiger partial charge in [0.05, 0.1) is 43.6 Å². The minimum atomic E-state index is -1.05. The summed E-state index contributed by atoms with van der Waals surface area (Å²) in [7, 11) is 1.59. The molecule has 0 aliphatic carbocycles. The van der Waals surface area contributed by atoms with Gasteiger partial charge in [-0.2, -0.15) is 5.10 Å². The third kappa shape index (κ3) is 6.11. The molecule has 0 bridgehead atoms. The maximum absolute atomic E-state index is 13.5. The fourth-order valence-corrected chi connectivity index (χ4v) is 3.85. The van der Waals surface area contributed by atoms with Crippen LogP contribution < -0.4 is 10.1 Å². The number of nitrogens with zero attached hydrogens (tertiary/aromatic N) is 3. The van der Waals surface area contributed by atoms with Gasteiger partial charge < -0.3 is 15.2 Å². The number of rotatable bonds is 10. The highest BCUT2D eigenvalue weighted by Crippen LogP contribution is 2.25. The van der Waals surface area contributed by atoms with E-state index in [-0.39, 0.29) is 30.2 Å². The zero-order valence-electron chi connectivity index (χ0n) is 19.3. The first-order chi connectivity index (χ1) is 17.0. The van der Waals surface area contributed by atoms with Crippen LogP contribution in [0, 0.1) is 0 Å². The summed E-state index contributed by atoms with van der Waals surface area (Å²) in [5, 5.41) is 18.6. The molecule has 2 aromatic carbocycles. The quantitative estimate of drug-likeness (QED) is 0.439. The van der Waals surface area contributed by atoms with Crippen molar-refractivity contribution in [3.8, 4) is 5.75 Å². The van der Waals surface area contributed by atoms with Gasteiger partial charge in [-0.25, -0.2) is 5.01 Å². The number of carbonyl (C=O) groups excluding carboxylic acids is 1. The molecule has 8 heteroatoms. The number of carbonyl (C=O) groups is 2. The van der Waals surface area contributed by atoms with Crippen LogP contribution in [0.25, 0.3) is 0 Å². The summed E-state index contributed by atoms with van der Waals surface area (Å²) in [4.78, 5) is 29.5. The van der Waals surface area contributed by atoms with Gasteiger partial charge >= 0.3 is 5.97 Å². The van der Waals surface area contributed by atoms with Gasteiger partial charge in [0.25, 0.3) is 5.91 Å². The second-order valence-electron chi connectivity index (χ2n) is 8.02. The largest absolute Gasteiger partial charge is 0.497 e. The molecule has 1 amide bonds. The first-order valence-electron chi connectivity index (χ1n) is 11.2. The Morgan fingerprint density at radius 1 is 1.00 bits per heavy atom. The monoisotopic (exact) mass is 470 g/mol. The lowest BCUT2D eigenvalue weighted by Crippen LogP contribution is -2.27. The molecule has 2 N–H and O–H groups in total. The van der Waals surface area contributed by atoms with E-state index in [1.165, 1.54) is 5.01 Å². The molecule has 0 saturated heterocycles. The lowest BCUT2D eigenvalue weighted by atomic mass is 10.00. The average molecular weight is 471 g/mol. The highest BCUT2D eigenvalue weighted by Gasteiger charge is 2.34. The number of pyridine rings is 1. The summed E-state index contributed by atoms with van der Waals surface area (Å²) in [5.74, 6) is -0.697. The number of benzene rings is 2. The van der Waals surface area contributed by atoms with E-state index in [1.807, 2.05) is 72.8 Å². The highest BCUT2D eigenvalue weighted by atomic mass is 16.5. The van der Waals surface area contributed by atoms with Crippen molar-refractivity contribution in [2.45, 2.75) is 25.9 Å². The molecular weight excluding hydrogens is 444 g/mol. The molecule has 35 heavy (non-hydrogen) atoms. The fraction of sp³-hybridized carbons (Fsp3) is 0.185. The second kappa shape index (κ2) is 11.1. The summed E-state index contributed by atoms with van der Waals surface area (Å²) in [6.45, 7) is 0.620. The lowest BCUT2D eigenvalue weighted by Gasteiger charge is -2.16. The van der Waals surface area contributed by atoms with Gasteiger partial charge in [-0.1, -0.05) is 48.5 Å². The van der Waals surface area contributed by atoms with Crippen molar-refractivity contribution < 1.29 is 19.4 Å². The SMILES string of the molecule is COc1cccc(C/C(NCc2ccccn2)=C2/C(=O)N(Cc3ccccc3)N=C2CC(=O)O)c1. The van der Waals surface area contributed by atoms with Crippen LogP contribution in [0.1, 0.15) is 23.2 Å². The molecule has 0 unspecified atom stereocenters. The Hall–Kier alpha value is -4.46. The number of carboxylic acids is 1. The molecule has 0 spiro atoms. The molecule has 0 atom stereocenters. The molecular formula is C27H26N4O4. The maximum Gasteiger partial charge on any atom is 0.309 e. The summed E-state index contributed by atoms with van der Waals surface area (Å²) in [6.07, 6.45) is 1.70. The van der Waals surface area contributed by atoms with Crippen molar-refractivity contribution in [2.24, 2.45) is 5.10 Å². The molecule has 0 fully saturated rings. The Balaban J connectivity index is 1.71. The van der Waals surface area contributed by atoms with Crippen molar-refractivity contribution in [1.82, 2.24) is 15.3 Å². The van der Waals surface area contributed by atoms with E-state index in [9.17, 15) is 14.7 Å². The second-order valence-corrected chi connectivity index (χ2v) is 8.02. The van der Waals surface area contributed by atoms with E-state index in [0.717, 1.165) is 16.8 Å². The third-order valence-corrected chi connectivity index (χ3v) is 5.50. The van der Waals surface area contributed by atoms with Crippen LogP contribution in [-0.4, -0.2) is 39.8 Å². The van der Waals surface area contributed by atoms with Gasteiger partial charge in [0.2, 0.25) is 0 Å². The number of ether oxygens (including phenoxy) is 1. The van der Waals surface area contributed by atoms with E-state index < -0.39 is 5.97 Å². The van der Waals surface area contributed by atoms with E-state index in [1.54, 1.807) is 13.3 Å². The number of nitrogens with one attached hydrogen (secondary N) is 1. The number of aliphatic carboxylic acids is 1. The molecule has 178 valence electrons. The maximum atomic E-state index is 13.5. The summed E-state index contributed by atoms with van der Waals surface area (Å²) >= 11 is 0. The van der Waals surface area contributed by atoms with E-state index in [2.05, 4.69) is 15.4 Å². The summed E-state index contributed by atoms with van der Waals surface area (Å²) in [6, 6.07) is 22.6. The molecule has 1 aliphatic rings. The molecule has 3 aromatic rings. The first-order valence-corrected chi connectivity index (χ1v) is 11.2. The molecule has 0 saturated carbocycles. The Labute approximate surface area is 203 Å². The van der Waals surface area contributed by atoms with Crippen molar-refractivity contribution in [1.29, 1.82) is 0 Å². The van der Waals surface area contributed by atoms with Crippen molar-refractivity contribution >= 4 is 17.6 Å². The number of aromatic nitrogens is 1. The van der Waals surface area contributed by atoms with Crippen molar-refractivity contribution in [2.75, 3.05) is 7.11 Å². The average Bonchev–Trinajstić information content (AvgIpc) is 3.16. The van der Waals surface area contributed by atoms with Gasteiger partial charge in [-0.3, -0.25) is 14.6 Å². The van der Waals surface area contributed by atoms with E-state index >= 15 is 0 Å². The Bertz CT molecular complexity index is 1260. The van der Waals surface area contributed by atoms with Crippen LogP contribution in [0.5, 0.6) is 5.75 Å². The fourth-order valence-electron chi connectivity index (χ4n) is 3.85. The highest BCUT2D eigenvalue weighted by molar-refractivity contribution is 6.28. The predicted octanol–water partition coefficient (Wildman–Crippen LogP) is 3.55. The predicted molar refractivity (Wildman–Crippen MR) is 131 cm³/mol. The first kappa shape index (κ1) is 23.7. The van der Waals surface area contributed by atoms with Crippen LogP contribution >= 0.6 is 0 Å². The number of hydrazone groups is 1. The number of allylic oxidation sites excluding steroid dienone is 1. The van der Waals surface area contributed by atoms with Gasteiger partial charge in [0.1, 0.15) is 5.75 Å². The van der Waals surface area contributed by atoms with Crippen LogP contribution in [0.2, 0.25) is 0 Å². The summed E-state index contributed by atoms with van der Waals surface area (Å²) in [5.41, 5.74) is 3.69. The molecule has 1 aliphatic heterocycles. The Kier molecular flexibility index (Phi) is 7.52. The molecule has 1 aromatic heterocycles. The number of amides is 1. The third-order valence-electron chi connectivity index (χ3n) is 5.50. The van der Waals surface area contributed by atoms with Gasteiger partial charge in [-0.05, 0) is 35.4 Å². The van der Waals surface area contributed by atoms with E-state index in [0.29, 0.717) is 24.4 Å². The molecule has 0 radical (unpaired) electrons. The molecule has 2 heterocycles. The number of carboxylic acid groups (broad SMARTS) is 1. The van der Waals surface area contributed by atoms with Crippen LogP contribution in [0.3, 0.4) is 0 Å². The van der Waals surface area contributed by atoms with Gasteiger partial charge in [0, 0.05) is 18.3 Å². The molecule has 4 rings (SSSR count). The van der Waals surface area contributed by atoms with Crippen LogP contribution in [-0.2, 0) is 29.1 Å². The van der Waals surface area contributed by atoms with Crippen LogP contribution in [0.15, 0.2) is 95.4 Å². The Morgan fingerprint density at radius 2 is 1.77 bits per heavy atom. The normalized spacial score (nSPS) is 14.5. The topological polar surface area (TPSA) is 104 Å². The lowest BCUT2D eigenvalue weighted by molar-refractivity contribution is -0.135. The van der Waals surface area contributed by atoms with E-state index in [4.69, 9.17) is 4.74 Å².